The zero-order valence-electron chi connectivity index (χ0n) is 9.82. The van der Waals surface area contributed by atoms with Crippen molar-refractivity contribution in [1.82, 2.24) is 15.8 Å². The molecule has 0 aliphatic heterocycles. The summed E-state index contributed by atoms with van der Waals surface area (Å²) in [6, 6.07) is 13.7. The van der Waals surface area contributed by atoms with Gasteiger partial charge in [-0.15, -0.1) is 0 Å². The smallest absolute Gasteiger partial charge is 0.181 e. The molecule has 2 N–H and O–H groups in total. The summed E-state index contributed by atoms with van der Waals surface area (Å²) in [6.45, 7) is 0. The highest BCUT2D eigenvalue weighted by atomic mass is 16.6. The second-order valence-corrected chi connectivity index (χ2v) is 3.90. The monoisotopic (exact) mass is 254 g/mol. The van der Waals surface area contributed by atoms with Gasteiger partial charge in [0, 0.05) is 0 Å². The van der Waals surface area contributed by atoms with Gasteiger partial charge in [-0.3, -0.25) is 10.7 Å². The van der Waals surface area contributed by atoms with Gasteiger partial charge in [0.2, 0.25) is 0 Å². The topological polar surface area (TPSA) is 83.5 Å². The number of amidine groups is 1. The quantitative estimate of drug-likeness (QED) is 0.416. The van der Waals surface area contributed by atoms with Crippen molar-refractivity contribution in [1.29, 1.82) is 0 Å². The second-order valence-electron chi connectivity index (χ2n) is 3.90. The molecule has 0 aliphatic rings. The Kier molecular flexibility index (Phi) is 2.91. The van der Waals surface area contributed by atoms with Crippen LogP contribution in [0.15, 0.2) is 58.3 Å². The maximum atomic E-state index is 9.08. The molecule has 0 radical (unpaired) electrons. The third-order valence-corrected chi connectivity index (χ3v) is 2.68. The number of nitrogens with one attached hydrogen (secondary N) is 1. The Morgan fingerprint density at radius 1 is 1.16 bits per heavy atom. The van der Waals surface area contributed by atoms with E-state index in [0.29, 0.717) is 11.4 Å². The summed E-state index contributed by atoms with van der Waals surface area (Å²) in [7, 11) is 0. The number of nitrogens with zero attached hydrogens (tertiary/aromatic N) is 3. The number of aliphatic imine (C=N–C) groups is 1. The Hall–Kier alpha value is -2.73. The molecule has 2 aromatic carbocycles. The highest BCUT2D eigenvalue weighted by Gasteiger charge is 2.07. The summed E-state index contributed by atoms with van der Waals surface area (Å²) in [6.07, 6.45) is 1.36. The molecule has 0 aliphatic carbocycles. The second kappa shape index (κ2) is 4.87. The normalized spacial score (nSPS) is 11.7. The molecule has 19 heavy (non-hydrogen) atoms. The molecule has 0 saturated carbocycles. The Morgan fingerprint density at radius 3 is 2.74 bits per heavy atom. The summed E-state index contributed by atoms with van der Waals surface area (Å²) in [4.78, 5) is 4.26. The van der Waals surface area contributed by atoms with E-state index >= 15 is 0 Å². The molecule has 0 bridgehead atoms. The van der Waals surface area contributed by atoms with E-state index < -0.39 is 0 Å². The first-order valence-corrected chi connectivity index (χ1v) is 5.62. The minimum absolute atomic E-state index is 0.177. The molecule has 0 amide bonds. The third-order valence-electron chi connectivity index (χ3n) is 2.68. The molecule has 1 heterocycles. The maximum Gasteiger partial charge on any atom is 0.181 e. The van der Waals surface area contributed by atoms with E-state index in [2.05, 4.69) is 19.9 Å². The van der Waals surface area contributed by atoms with E-state index in [-0.39, 0.29) is 5.84 Å². The molecule has 6 nitrogen and oxygen atoms in total. The fourth-order valence-corrected chi connectivity index (χ4v) is 1.78. The molecule has 94 valence electrons. The van der Waals surface area contributed by atoms with Crippen LogP contribution in [0.1, 0.15) is 5.69 Å². The first-order valence-electron chi connectivity index (χ1n) is 5.62. The molecule has 6 heteroatoms. The molecule has 0 unspecified atom stereocenters. The van der Waals surface area contributed by atoms with Crippen molar-refractivity contribution in [2.24, 2.45) is 4.99 Å². The van der Waals surface area contributed by atoms with Gasteiger partial charge in [-0.2, -0.15) is 0 Å². The number of hydrogen-bond acceptors (Lipinski definition) is 5. The van der Waals surface area contributed by atoms with E-state index in [1.165, 1.54) is 6.20 Å². The summed E-state index contributed by atoms with van der Waals surface area (Å²) >= 11 is 0. The Labute approximate surface area is 108 Å². The van der Waals surface area contributed by atoms with E-state index in [1.807, 2.05) is 47.9 Å². The molecule has 0 fully saturated rings. The predicted molar refractivity (Wildman–Crippen MR) is 69.4 cm³/mol. The first-order chi connectivity index (χ1) is 9.36. The van der Waals surface area contributed by atoms with Gasteiger partial charge in [-0.25, -0.2) is 9.62 Å². The van der Waals surface area contributed by atoms with Gasteiger partial charge >= 0.3 is 0 Å². The fraction of sp³-hybridized carbons (Fsp3) is 0. The average Bonchev–Trinajstić information content (AvgIpc) is 2.98. The van der Waals surface area contributed by atoms with Crippen LogP contribution in [0.2, 0.25) is 0 Å². The Balaban J connectivity index is 2.04. The van der Waals surface area contributed by atoms with Crippen LogP contribution in [0.4, 0.5) is 5.69 Å². The van der Waals surface area contributed by atoms with E-state index in [1.54, 1.807) is 0 Å². The highest BCUT2D eigenvalue weighted by Crippen LogP contribution is 2.21. The van der Waals surface area contributed by atoms with Crippen LogP contribution < -0.4 is 5.48 Å². The SMILES string of the molecule is ONC(=Nc1ccc2ccccc2c1)c1cnon1. The molecule has 3 rings (SSSR count). The molecule has 0 spiro atoms. The highest BCUT2D eigenvalue weighted by molar-refractivity contribution is 5.98. The van der Waals surface area contributed by atoms with Crippen LogP contribution in [-0.2, 0) is 0 Å². The van der Waals surface area contributed by atoms with Gasteiger partial charge in [0.05, 0.1) is 5.69 Å². The summed E-state index contributed by atoms with van der Waals surface area (Å²) in [5.41, 5.74) is 3.01. The van der Waals surface area contributed by atoms with Gasteiger partial charge in [0.25, 0.3) is 0 Å². The van der Waals surface area contributed by atoms with Crippen LogP contribution in [0, 0.1) is 0 Å². The van der Waals surface area contributed by atoms with Crippen molar-refractivity contribution >= 4 is 22.3 Å². The zero-order chi connectivity index (χ0) is 13.1. The van der Waals surface area contributed by atoms with E-state index in [4.69, 9.17) is 5.21 Å². The Bertz CT molecular complexity index is 722. The average molecular weight is 254 g/mol. The number of hydrogen-bond donors (Lipinski definition) is 2. The molecule has 0 saturated heterocycles. The number of rotatable bonds is 2. The van der Waals surface area contributed by atoms with Gasteiger partial charge < -0.3 is 0 Å². The molecular formula is C13H10N4O2. The van der Waals surface area contributed by atoms with Crippen molar-refractivity contribution < 1.29 is 9.84 Å². The van der Waals surface area contributed by atoms with Gasteiger partial charge in [-0.1, -0.05) is 35.5 Å². The van der Waals surface area contributed by atoms with Gasteiger partial charge in [-0.05, 0) is 28.1 Å². The molecule has 0 atom stereocenters. The lowest BCUT2D eigenvalue weighted by molar-refractivity contribution is 0.234. The minimum atomic E-state index is 0.177. The summed E-state index contributed by atoms with van der Waals surface area (Å²) in [5.74, 6) is 0.177. The number of benzene rings is 2. The summed E-state index contributed by atoms with van der Waals surface area (Å²) in [5, 5.41) is 18.3. The zero-order valence-corrected chi connectivity index (χ0v) is 9.82. The first kappa shape index (κ1) is 11.4. The summed E-state index contributed by atoms with van der Waals surface area (Å²) < 4.78 is 4.47. The van der Waals surface area contributed by atoms with E-state index in [0.717, 1.165) is 10.8 Å². The maximum absolute atomic E-state index is 9.08. The van der Waals surface area contributed by atoms with Crippen LogP contribution in [0.25, 0.3) is 10.8 Å². The van der Waals surface area contributed by atoms with Crippen molar-refractivity contribution in [3.63, 3.8) is 0 Å². The lowest BCUT2D eigenvalue weighted by Crippen LogP contribution is -2.20. The predicted octanol–water partition coefficient (Wildman–Crippen LogP) is 2.28. The number of aromatic nitrogens is 2. The van der Waals surface area contributed by atoms with Crippen molar-refractivity contribution in [3.8, 4) is 0 Å². The largest absolute Gasteiger partial charge is 0.290 e. The van der Waals surface area contributed by atoms with Crippen LogP contribution in [-0.4, -0.2) is 21.4 Å². The number of fused-ring (bicyclic) bond motifs is 1. The van der Waals surface area contributed by atoms with Crippen LogP contribution >= 0.6 is 0 Å². The van der Waals surface area contributed by atoms with Gasteiger partial charge in [0.15, 0.2) is 11.5 Å². The minimum Gasteiger partial charge on any atom is -0.290 e. The van der Waals surface area contributed by atoms with Crippen molar-refractivity contribution in [2.45, 2.75) is 0 Å². The Morgan fingerprint density at radius 2 is 2.00 bits per heavy atom. The third kappa shape index (κ3) is 2.29. The fourth-order valence-electron chi connectivity index (χ4n) is 1.78. The number of hydroxylamine groups is 1. The van der Waals surface area contributed by atoms with E-state index in [9.17, 15) is 0 Å². The van der Waals surface area contributed by atoms with Crippen LogP contribution in [0.3, 0.4) is 0 Å². The van der Waals surface area contributed by atoms with Gasteiger partial charge in [0.1, 0.15) is 6.20 Å². The lowest BCUT2D eigenvalue weighted by atomic mass is 10.1. The lowest BCUT2D eigenvalue weighted by Gasteiger charge is -2.02. The van der Waals surface area contributed by atoms with Crippen LogP contribution in [0.5, 0.6) is 0 Å². The molecule has 3 aromatic rings. The molecule has 1 aromatic heterocycles. The van der Waals surface area contributed by atoms with Crippen molar-refractivity contribution in [3.05, 3.63) is 54.4 Å². The standard InChI is InChI=1S/C13H10N4O2/c18-16-13(12-8-14-19-17-12)15-11-6-5-9-3-1-2-4-10(9)7-11/h1-8,18H,(H,15,16). The van der Waals surface area contributed by atoms with Crippen molar-refractivity contribution in [2.75, 3.05) is 0 Å². The molecular weight excluding hydrogens is 244 g/mol.